The van der Waals surface area contributed by atoms with Gasteiger partial charge < -0.3 is 9.73 Å². The zero-order valence-corrected chi connectivity index (χ0v) is 17.3. The van der Waals surface area contributed by atoms with Crippen molar-refractivity contribution in [1.29, 1.82) is 0 Å². The van der Waals surface area contributed by atoms with Crippen LogP contribution in [-0.2, 0) is 11.2 Å². The van der Waals surface area contributed by atoms with Gasteiger partial charge in [-0.25, -0.2) is 0 Å². The van der Waals surface area contributed by atoms with Crippen LogP contribution in [0.2, 0.25) is 0 Å². The molecule has 4 aromatic rings. The Bertz CT molecular complexity index is 1140. The second-order valence-corrected chi connectivity index (χ2v) is 7.63. The molecule has 5 nitrogen and oxygen atoms in total. The third-order valence-corrected chi connectivity index (χ3v) is 4.91. The molecule has 1 heterocycles. The first kappa shape index (κ1) is 19.1. The van der Waals surface area contributed by atoms with Crippen molar-refractivity contribution in [1.82, 2.24) is 10.2 Å². The number of rotatable bonds is 5. The minimum absolute atomic E-state index is 0.0698. The summed E-state index contributed by atoms with van der Waals surface area (Å²) in [6.45, 7) is 2.02. The first-order valence-electron chi connectivity index (χ1n) is 9.12. The molecule has 0 fully saturated rings. The average Bonchev–Trinajstić information content (AvgIpc) is 3.21. The normalized spacial score (nSPS) is 10.7. The van der Waals surface area contributed by atoms with E-state index in [9.17, 15) is 4.79 Å². The zero-order chi connectivity index (χ0) is 20.2. The van der Waals surface area contributed by atoms with Gasteiger partial charge in [-0.2, -0.15) is 0 Å². The highest BCUT2D eigenvalue weighted by Gasteiger charge is 2.11. The molecule has 1 amide bonds. The Labute approximate surface area is 176 Å². The first-order chi connectivity index (χ1) is 14.1. The van der Waals surface area contributed by atoms with Crippen molar-refractivity contribution >= 4 is 27.5 Å². The van der Waals surface area contributed by atoms with Crippen molar-refractivity contribution in [3.05, 3.63) is 88.4 Å². The van der Waals surface area contributed by atoms with Gasteiger partial charge in [0.05, 0.1) is 6.42 Å². The minimum atomic E-state index is -0.0698. The average molecular weight is 448 g/mol. The number of aryl methyl sites for hydroxylation is 1. The van der Waals surface area contributed by atoms with Gasteiger partial charge in [0.1, 0.15) is 0 Å². The lowest BCUT2D eigenvalue weighted by Gasteiger charge is -2.06. The van der Waals surface area contributed by atoms with Gasteiger partial charge in [0.15, 0.2) is 0 Å². The van der Waals surface area contributed by atoms with Gasteiger partial charge in [0, 0.05) is 21.3 Å². The van der Waals surface area contributed by atoms with Crippen LogP contribution in [0.1, 0.15) is 11.1 Å². The molecule has 0 saturated heterocycles. The number of nitrogens with zero attached hydrogens (tertiary/aromatic N) is 2. The van der Waals surface area contributed by atoms with Crippen LogP contribution in [0.4, 0.5) is 5.69 Å². The smallest absolute Gasteiger partial charge is 0.248 e. The molecule has 1 N–H and O–H groups in total. The molecule has 0 radical (unpaired) electrons. The Morgan fingerprint density at radius 2 is 1.62 bits per heavy atom. The second kappa shape index (κ2) is 8.41. The maximum Gasteiger partial charge on any atom is 0.248 e. The Balaban J connectivity index is 1.43. The van der Waals surface area contributed by atoms with Crippen LogP contribution in [0.3, 0.4) is 0 Å². The Morgan fingerprint density at radius 3 is 2.31 bits per heavy atom. The number of benzene rings is 3. The van der Waals surface area contributed by atoms with Crippen LogP contribution in [0, 0.1) is 6.92 Å². The van der Waals surface area contributed by atoms with Crippen molar-refractivity contribution in [2.75, 3.05) is 5.32 Å². The molecule has 0 aliphatic rings. The number of halogens is 1. The van der Waals surface area contributed by atoms with Crippen LogP contribution in [0.15, 0.2) is 81.7 Å². The van der Waals surface area contributed by atoms with Crippen molar-refractivity contribution in [3.8, 4) is 22.9 Å². The van der Waals surface area contributed by atoms with Gasteiger partial charge in [-0.15, -0.1) is 10.2 Å². The third kappa shape index (κ3) is 4.78. The summed E-state index contributed by atoms with van der Waals surface area (Å²) in [5.74, 6) is 0.851. The summed E-state index contributed by atoms with van der Waals surface area (Å²) in [6.07, 6.45) is 0.318. The summed E-state index contributed by atoms with van der Waals surface area (Å²) >= 11 is 3.39. The fourth-order valence-electron chi connectivity index (χ4n) is 2.92. The van der Waals surface area contributed by atoms with Gasteiger partial charge >= 0.3 is 0 Å². The Hall–Kier alpha value is -3.25. The van der Waals surface area contributed by atoms with Gasteiger partial charge in [-0.1, -0.05) is 45.8 Å². The maximum absolute atomic E-state index is 12.2. The first-order valence-corrected chi connectivity index (χ1v) is 9.91. The number of nitrogens with one attached hydrogen (secondary N) is 1. The van der Waals surface area contributed by atoms with Crippen molar-refractivity contribution < 1.29 is 9.21 Å². The SMILES string of the molecule is Cc1cccc(-c2nnc(-c3ccc(NC(=O)Cc4ccc(Br)cc4)cc3)o2)c1. The summed E-state index contributed by atoms with van der Waals surface area (Å²) in [7, 11) is 0. The number of hydrogen-bond donors (Lipinski definition) is 1. The third-order valence-electron chi connectivity index (χ3n) is 4.38. The van der Waals surface area contributed by atoms with Crippen molar-refractivity contribution in [3.63, 3.8) is 0 Å². The van der Waals surface area contributed by atoms with Crippen molar-refractivity contribution in [2.45, 2.75) is 13.3 Å². The molecule has 6 heteroatoms. The predicted molar refractivity (Wildman–Crippen MR) is 116 cm³/mol. The Kier molecular flexibility index (Phi) is 5.53. The highest BCUT2D eigenvalue weighted by atomic mass is 79.9. The van der Waals surface area contributed by atoms with E-state index in [2.05, 4.69) is 31.4 Å². The second-order valence-electron chi connectivity index (χ2n) is 6.71. The van der Waals surface area contributed by atoms with Crippen LogP contribution in [0.5, 0.6) is 0 Å². The highest BCUT2D eigenvalue weighted by molar-refractivity contribution is 9.10. The molecule has 0 atom stereocenters. The van der Waals surface area contributed by atoms with E-state index in [0.717, 1.165) is 26.7 Å². The van der Waals surface area contributed by atoms with E-state index in [4.69, 9.17) is 4.42 Å². The predicted octanol–water partition coefficient (Wildman–Crippen LogP) is 5.66. The zero-order valence-electron chi connectivity index (χ0n) is 15.7. The fraction of sp³-hybridized carbons (Fsp3) is 0.0870. The van der Waals surface area contributed by atoms with E-state index >= 15 is 0 Å². The summed E-state index contributed by atoms with van der Waals surface area (Å²) in [6, 6.07) is 23.0. The lowest BCUT2D eigenvalue weighted by molar-refractivity contribution is -0.115. The molecule has 3 aromatic carbocycles. The molecule has 144 valence electrons. The number of anilines is 1. The van der Waals surface area contributed by atoms with E-state index in [1.165, 1.54) is 0 Å². The molecule has 0 saturated carbocycles. The van der Waals surface area contributed by atoms with Crippen molar-refractivity contribution in [2.24, 2.45) is 0 Å². The van der Waals surface area contributed by atoms with Gasteiger partial charge in [-0.3, -0.25) is 4.79 Å². The topological polar surface area (TPSA) is 68.0 Å². The lowest BCUT2D eigenvalue weighted by atomic mass is 10.1. The van der Waals surface area contributed by atoms with Crippen LogP contribution < -0.4 is 5.32 Å². The maximum atomic E-state index is 12.2. The van der Waals surface area contributed by atoms with Crippen LogP contribution >= 0.6 is 15.9 Å². The molecule has 29 heavy (non-hydrogen) atoms. The number of amides is 1. The standard InChI is InChI=1S/C23H18BrN3O2/c1-15-3-2-4-18(13-15)23-27-26-22(29-23)17-7-11-20(12-8-17)25-21(28)14-16-5-9-19(24)10-6-16/h2-13H,14H2,1H3,(H,25,28). The van der Waals surface area contributed by atoms with E-state index in [-0.39, 0.29) is 5.91 Å². The Morgan fingerprint density at radius 1 is 0.931 bits per heavy atom. The fourth-order valence-corrected chi connectivity index (χ4v) is 3.19. The summed E-state index contributed by atoms with van der Waals surface area (Å²) < 4.78 is 6.80. The molecule has 0 spiro atoms. The number of hydrogen-bond acceptors (Lipinski definition) is 4. The van der Waals surface area contributed by atoms with E-state index in [1.807, 2.05) is 79.7 Å². The molecule has 0 aliphatic heterocycles. The molecule has 4 rings (SSSR count). The molecular formula is C23H18BrN3O2. The summed E-state index contributed by atoms with van der Waals surface area (Å²) in [4.78, 5) is 12.2. The molecule has 1 aromatic heterocycles. The monoisotopic (exact) mass is 447 g/mol. The number of aromatic nitrogens is 2. The number of carbonyl (C=O) groups is 1. The summed E-state index contributed by atoms with van der Waals surface area (Å²) in [5, 5.41) is 11.2. The molecule has 0 bridgehead atoms. The quantitative estimate of drug-likeness (QED) is 0.428. The van der Waals surface area contributed by atoms with E-state index in [1.54, 1.807) is 0 Å². The largest absolute Gasteiger partial charge is 0.416 e. The van der Waals surface area contributed by atoms with Gasteiger partial charge in [0.25, 0.3) is 0 Å². The van der Waals surface area contributed by atoms with Gasteiger partial charge in [0.2, 0.25) is 17.7 Å². The minimum Gasteiger partial charge on any atom is -0.416 e. The molecule has 0 aliphatic carbocycles. The van der Waals surface area contributed by atoms with E-state index < -0.39 is 0 Å². The lowest BCUT2D eigenvalue weighted by Crippen LogP contribution is -2.14. The van der Waals surface area contributed by atoms with Crippen LogP contribution in [-0.4, -0.2) is 16.1 Å². The molecular weight excluding hydrogens is 430 g/mol. The van der Waals surface area contributed by atoms with E-state index in [0.29, 0.717) is 23.9 Å². The van der Waals surface area contributed by atoms with Crippen LogP contribution in [0.25, 0.3) is 22.9 Å². The molecule has 0 unspecified atom stereocenters. The summed E-state index contributed by atoms with van der Waals surface area (Å²) in [5.41, 5.74) is 4.49. The highest BCUT2D eigenvalue weighted by Crippen LogP contribution is 2.25. The number of carbonyl (C=O) groups excluding carboxylic acids is 1. The van der Waals surface area contributed by atoms with Gasteiger partial charge in [-0.05, 0) is 61.0 Å².